The van der Waals surface area contributed by atoms with Crippen molar-refractivity contribution < 1.29 is 0 Å². The van der Waals surface area contributed by atoms with Crippen LogP contribution in [0.3, 0.4) is 0 Å². The number of fused-ring (bicyclic) bond motifs is 3. The molecule has 0 saturated heterocycles. The first-order valence-electron chi connectivity index (χ1n) is 7.10. The number of aryl methyl sites for hydroxylation is 1. The zero-order valence-electron chi connectivity index (χ0n) is 12.0. The summed E-state index contributed by atoms with van der Waals surface area (Å²) in [5.41, 5.74) is 4.91. The number of rotatable bonds is 1. The van der Waals surface area contributed by atoms with E-state index in [2.05, 4.69) is 104 Å². The van der Waals surface area contributed by atoms with Gasteiger partial charge in [0.15, 0.2) is 0 Å². The summed E-state index contributed by atoms with van der Waals surface area (Å²) < 4.78 is 4.52. The van der Waals surface area contributed by atoms with Crippen LogP contribution in [0.15, 0.2) is 69.6 Å². The highest BCUT2D eigenvalue weighted by molar-refractivity contribution is 9.10. The van der Waals surface area contributed by atoms with Gasteiger partial charge in [0.2, 0.25) is 0 Å². The SMILES string of the molecule is Cc1ccc(-n2c3ccc(Br)cc3c3cc(Br)ccc32)cc1. The quantitative estimate of drug-likeness (QED) is 0.330. The van der Waals surface area contributed by atoms with Gasteiger partial charge in [-0.05, 0) is 55.5 Å². The summed E-state index contributed by atoms with van der Waals surface area (Å²) in [5, 5.41) is 2.51. The van der Waals surface area contributed by atoms with Crippen LogP contribution in [0, 0.1) is 6.92 Å². The fraction of sp³-hybridized carbons (Fsp3) is 0.0526. The smallest absolute Gasteiger partial charge is 0.0541 e. The van der Waals surface area contributed by atoms with Crippen molar-refractivity contribution in [3.8, 4) is 5.69 Å². The summed E-state index contributed by atoms with van der Waals surface area (Å²) in [6, 6.07) is 21.6. The summed E-state index contributed by atoms with van der Waals surface area (Å²) in [7, 11) is 0. The van der Waals surface area contributed by atoms with E-state index in [1.54, 1.807) is 0 Å². The predicted octanol–water partition coefficient (Wildman–Crippen LogP) is 6.62. The van der Waals surface area contributed by atoms with Gasteiger partial charge in [-0.15, -0.1) is 0 Å². The molecule has 3 aromatic carbocycles. The van der Waals surface area contributed by atoms with Crippen LogP contribution in [0.5, 0.6) is 0 Å². The van der Waals surface area contributed by atoms with Crippen LogP contribution < -0.4 is 0 Å². The topological polar surface area (TPSA) is 4.93 Å². The van der Waals surface area contributed by atoms with E-state index in [9.17, 15) is 0 Å². The van der Waals surface area contributed by atoms with E-state index >= 15 is 0 Å². The van der Waals surface area contributed by atoms with Gasteiger partial charge in [-0.3, -0.25) is 0 Å². The maximum absolute atomic E-state index is 3.59. The predicted molar refractivity (Wildman–Crippen MR) is 101 cm³/mol. The third kappa shape index (κ3) is 2.20. The van der Waals surface area contributed by atoms with E-state index in [4.69, 9.17) is 0 Å². The Balaban J connectivity index is 2.17. The first-order valence-corrected chi connectivity index (χ1v) is 8.68. The van der Waals surface area contributed by atoms with Gasteiger partial charge in [0.05, 0.1) is 11.0 Å². The third-order valence-electron chi connectivity index (χ3n) is 3.98. The molecule has 22 heavy (non-hydrogen) atoms. The molecule has 0 bridgehead atoms. The van der Waals surface area contributed by atoms with E-state index < -0.39 is 0 Å². The molecule has 1 nitrogen and oxygen atoms in total. The molecular formula is C19H13Br2N. The minimum atomic E-state index is 1.10. The molecule has 0 atom stereocenters. The number of nitrogens with zero attached hydrogens (tertiary/aromatic N) is 1. The Labute approximate surface area is 145 Å². The molecule has 0 fully saturated rings. The van der Waals surface area contributed by atoms with Gasteiger partial charge in [0, 0.05) is 25.4 Å². The third-order valence-corrected chi connectivity index (χ3v) is 4.97. The van der Waals surface area contributed by atoms with Crippen molar-refractivity contribution in [1.29, 1.82) is 0 Å². The molecular weight excluding hydrogens is 402 g/mol. The second-order valence-corrected chi connectivity index (χ2v) is 7.33. The molecule has 4 aromatic rings. The highest BCUT2D eigenvalue weighted by atomic mass is 79.9. The minimum Gasteiger partial charge on any atom is -0.309 e. The van der Waals surface area contributed by atoms with Gasteiger partial charge < -0.3 is 4.57 Å². The molecule has 0 aliphatic carbocycles. The normalized spacial score (nSPS) is 11.4. The number of hydrogen-bond donors (Lipinski definition) is 0. The molecule has 0 N–H and O–H groups in total. The van der Waals surface area contributed by atoms with Crippen molar-refractivity contribution in [3.63, 3.8) is 0 Å². The Kier molecular flexibility index (Phi) is 3.35. The highest BCUT2D eigenvalue weighted by Crippen LogP contribution is 2.35. The summed E-state index contributed by atoms with van der Waals surface area (Å²) in [6.07, 6.45) is 0. The number of hydrogen-bond acceptors (Lipinski definition) is 0. The first-order chi connectivity index (χ1) is 10.6. The molecule has 0 aliphatic rings. The van der Waals surface area contributed by atoms with Gasteiger partial charge in [-0.1, -0.05) is 49.6 Å². The fourth-order valence-corrected chi connectivity index (χ4v) is 3.66. The second kappa shape index (κ2) is 5.25. The van der Waals surface area contributed by atoms with Crippen LogP contribution in [-0.2, 0) is 0 Å². The van der Waals surface area contributed by atoms with Gasteiger partial charge >= 0.3 is 0 Å². The summed E-state index contributed by atoms with van der Waals surface area (Å²) >= 11 is 7.18. The van der Waals surface area contributed by atoms with Gasteiger partial charge in [0.25, 0.3) is 0 Å². The van der Waals surface area contributed by atoms with E-state index in [-0.39, 0.29) is 0 Å². The first kappa shape index (κ1) is 14.0. The van der Waals surface area contributed by atoms with Crippen molar-refractivity contribution in [2.24, 2.45) is 0 Å². The lowest BCUT2D eigenvalue weighted by Crippen LogP contribution is -1.93. The zero-order valence-corrected chi connectivity index (χ0v) is 15.1. The standard InChI is InChI=1S/C19H13Br2N/c1-12-2-6-15(7-3-12)22-18-8-4-13(20)10-16(18)17-11-14(21)5-9-19(17)22/h2-11H,1H3. The van der Waals surface area contributed by atoms with Gasteiger partial charge in [-0.25, -0.2) is 0 Å². The van der Waals surface area contributed by atoms with Crippen molar-refractivity contribution in [1.82, 2.24) is 4.57 Å². The maximum Gasteiger partial charge on any atom is 0.0541 e. The molecule has 3 heteroatoms. The molecule has 0 radical (unpaired) electrons. The lowest BCUT2D eigenvalue weighted by atomic mass is 10.2. The molecule has 108 valence electrons. The Bertz CT molecular complexity index is 938. The molecule has 4 rings (SSSR count). The van der Waals surface area contributed by atoms with Crippen LogP contribution in [0.2, 0.25) is 0 Å². The number of aromatic nitrogens is 1. The number of halogens is 2. The van der Waals surface area contributed by atoms with Gasteiger partial charge in [0.1, 0.15) is 0 Å². The minimum absolute atomic E-state index is 1.10. The van der Waals surface area contributed by atoms with Crippen LogP contribution in [0.4, 0.5) is 0 Å². The highest BCUT2D eigenvalue weighted by Gasteiger charge is 2.12. The lowest BCUT2D eigenvalue weighted by molar-refractivity contribution is 1.17. The Hall–Kier alpha value is -1.58. The molecule has 0 aliphatic heterocycles. The van der Waals surface area contributed by atoms with Crippen LogP contribution in [-0.4, -0.2) is 4.57 Å². The van der Waals surface area contributed by atoms with E-state index in [0.717, 1.165) is 8.95 Å². The fourth-order valence-electron chi connectivity index (χ4n) is 2.94. The molecule has 0 saturated carbocycles. The largest absolute Gasteiger partial charge is 0.309 e. The van der Waals surface area contributed by atoms with Crippen molar-refractivity contribution >= 4 is 53.7 Å². The van der Waals surface area contributed by atoms with Crippen molar-refractivity contribution in [3.05, 3.63) is 75.2 Å². The monoisotopic (exact) mass is 413 g/mol. The van der Waals surface area contributed by atoms with Crippen LogP contribution in [0.1, 0.15) is 5.56 Å². The summed E-state index contributed by atoms with van der Waals surface area (Å²) in [4.78, 5) is 0. The molecule has 1 heterocycles. The average molecular weight is 415 g/mol. The molecule has 1 aromatic heterocycles. The van der Waals surface area contributed by atoms with E-state index in [1.807, 2.05) is 0 Å². The van der Waals surface area contributed by atoms with Crippen molar-refractivity contribution in [2.75, 3.05) is 0 Å². The van der Waals surface area contributed by atoms with E-state index in [0.29, 0.717) is 0 Å². The van der Waals surface area contributed by atoms with Crippen LogP contribution in [0.25, 0.3) is 27.5 Å². The Morgan fingerprint density at radius 3 is 1.68 bits per heavy atom. The van der Waals surface area contributed by atoms with Crippen LogP contribution >= 0.6 is 31.9 Å². The lowest BCUT2D eigenvalue weighted by Gasteiger charge is -2.08. The molecule has 0 amide bonds. The Morgan fingerprint density at radius 1 is 0.682 bits per heavy atom. The zero-order chi connectivity index (χ0) is 15.3. The van der Waals surface area contributed by atoms with Gasteiger partial charge in [-0.2, -0.15) is 0 Å². The summed E-state index contributed by atoms with van der Waals surface area (Å²) in [5.74, 6) is 0. The maximum atomic E-state index is 3.59. The Morgan fingerprint density at radius 2 is 1.18 bits per heavy atom. The summed E-state index contributed by atoms with van der Waals surface area (Å²) in [6.45, 7) is 2.11. The second-order valence-electron chi connectivity index (χ2n) is 5.49. The van der Waals surface area contributed by atoms with Crippen molar-refractivity contribution in [2.45, 2.75) is 6.92 Å². The molecule has 0 unspecified atom stereocenters. The van der Waals surface area contributed by atoms with E-state index in [1.165, 1.54) is 33.1 Å². The average Bonchev–Trinajstić information content (AvgIpc) is 2.81. The number of benzene rings is 3. The molecule has 0 spiro atoms.